The third-order valence-electron chi connectivity index (χ3n) is 4.39. The van der Waals surface area contributed by atoms with Crippen molar-refractivity contribution >= 4 is 6.08 Å². The molecule has 0 aliphatic heterocycles. The molecule has 7 nitrogen and oxygen atoms in total. The van der Waals surface area contributed by atoms with Gasteiger partial charge in [0.1, 0.15) is 23.7 Å². The molecule has 1 aromatic rings. The number of methoxy groups -OCH3 is 1. The van der Waals surface area contributed by atoms with E-state index < -0.39 is 18.3 Å². The van der Waals surface area contributed by atoms with Crippen LogP contribution in [-0.2, 0) is 4.89 Å². The van der Waals surface area contributed by atoms with Crippen molar-refractivity contribution in [2.24, 2.45) is 0 Å². The normalized spacial score (nSPS) is 16.6. The zero-order valence-corrected chi connectivity index (χ0v) is 15.9. The largest absolute Gasteiger partial charge is 0.508 e. The van der Waals surface area contributed by atoms with Crippen molar-refractivity contribution in [3.63, 3.8) is 0 Å². The van der Waals surface area contributed by atoms with Gasteiger partial charge in [-0.15, -0.1) is 0 Å². The summed E-state index contributed by atoms with van der Waals surface area (Å²) in [6, 6.07) is 3.26. The molecule has 0 saturated heterocycles. The molecule has 1 aromatic carbocycles. The molecule has 152 valence electrons. The van der Waals surface area contributed by atoms with Gasteiger partial charge in [0.2, 0.25) is 0 Å². The molecular weight excluding hydrogens is 352 g/mol. The lowest BCUT2D eigenvalue weighted by Crippen LogP contribution is -2.35. The molecule has 1 rings (SSSR count). The molecule has 0 saturated carbocycles. The molecule has 0 aromatic heterocycles. The highest BCUT2D eigenvalue weighted by Crippen LogP contribution is 2.28. The van der Waals surface area contributed by atoms with Gasteiger partial charge in [-0.05, 0) is 43.4 Å². The summed E-state index contributed by atoms with van der Waals surface area (Å²) < 4.78 is 5.11. The van der Waals surface area contributed by atoms with Gasteiger partial charge >= 0.3 is 0 Å². The summed E-state index contributed by atoms with van der Waals surface area (Å²) in [4.78, 5) is 4.24. The highest BCUT2D eigenvalue weighted by molar-refractivity contribution is 5.60. The van der Waals surface area contributed by atoms with Gasteiger partial charge in [0.05, 0.1) is 19.3 Å². The van der Waals surface area contributed by atoms with Gasteiger partial charge in [-0.1, -0.05) is 31.2 Å². The Labute approximate surface area is 159 Å². The lowest BCUT2D eigenvalue weighted by atomic mass is 10.0. The monoisotopic (exact) mass is 382 g/mol. The standard InChI is InChI=1S/C20H30O7/c1-4-15(27-25)8-6-10-18(22)20(24)17(21)9-5-7-14-11-16(26-3)12-19(23)13(14)2/h5-7,10-12,15,17-18,20-25H,4,8-9H2,1-3H3/b7-5+,10-6-/t15?,17-,18?,20-/m1/s1. The van der Waals surface area contributed by atoms with E-state index in [1.54, 1.807) is 31.2 Å². The number of hydrogen-bond acceptors (Lipinski definition) is 7. The van der Waals surface area contributed by atoms with E-state index in [0.717, 1.165) is 5.56 Å². The van der Waals surface area contributed by atoms with Crippen molar-refractivity contribution in [3.05, 3.63) is 41.5 Å². The maximum atomic E-state index is 10.1. The summed E-state index contributed by atoms with van der Waals surface area (Å²) in [6.45, 7) is 3.60. The van der Waals surface area contributed by atoms with Crippen LogP contribution in [0.3, 0.4) is 0 Å². The van der Waals surface area contributed by atoms with E-state index in [9.17, 15) is 20.4 Å². The van der Waals surface area contributed by atoms with Crippen LogP contribution in [0.2, 0.25) is 0 Å². The van der Waals surface area contributed by atoms with Gasteiger partial charge in [-0.2, -0.15) is 0 Å². The number of ether oxygens (including phenoxy) is 1. The van der Waals surface area contributed by atoms with Gasteiger partial charge in [-0.3, -0.25) is 5.26 Å². The number of phenols is 1. The Hall–Kier alpha value is -1.90. The van der Waals surface area contributed by atoms with E-state index in [-0.39, 0.29) is 18.3 Å². The molecule has 0 amide bonds. The van der Waals surface area contributed by atoms with Crippen LogP contribution < -0.4 is 4.74 Å². The minimum absolute atomic E-state index is 0.104. The number of aliphatic hydroxyl groups is 3. The van der Waals surface area contributed by atoms with E-state index in [1.807, 2.05) is 6.92 Å². The van der Waals surface area contributed by atoms with E-state index in [0.29, 0.717) is 24.2 Å². The summed E-state index contributed by atoms with van der Waals surface area (Å²) in [7, 11) is 1.50. The average molecular weight is 382 g/mol. The van der Waals surface area contributed by atoms with Crippen molar-refractivity contribution in [1.82, 2.24) is 0 Å². The van der Waals surface area contributed by atoms with Crippen LogP contribution in [-0.4, -0.2) is 57.2 Å². The third kappa shape index (κ3) is 7.32. The maximum absolute atomic E-state index is 10.1. The second kappa shape index (κ2) is 11.7. The molecular formula is C20H30O7. The zero-order valence-electron chi connectivity index (χ0n) is 15.9. The van der Waals surface area contributed by atoms with Crippen LogP contribution >= 0.6 is 0 Å². The van der Waals surface area contributed by atoms with E-state index in [1.165, 1.54) is 19.3 Å². The summed E-state index contributed by atoms with van der Waals surface area (Å²) in [6.07, 6.45) is 3.26. The van der Waals surface area contributed by atoms with Crippen LogP contribution in [0, 0.1) is 6.92 Å². The highest BCUT2D eigenvalue weighted by Gasteiger charge is 2.21. The van der Waals surface area contributed by atoms with Crippen molar-refractivity contribution in [1.29, 1.82) is 0 Å². The first kappa shape index (κ1) is 23.1. The van der Waals surface area contributed by atoms with E-state index in [2.05, 4.69) is 4.89 Å². The summed E-state index contributed by atoms with van der Waals surface area (Å²) in [5, 5.41) is 48.5. The topological polar surface area (TPSA) is 120 Å². The first-order chi connectivity index (χ1) is 12.8. The lowest BCUT2D eigenvalue weighted by molar-refractivity contribution is -0.277. The lowest BCUT2D eigenvalue weighted by Gasteiger charge is -2.20. The predicted octanol–water partition coefficient (Wildman–Crippen LogP) is 2.41. The minimum atomic E-state index is -1.36. The predicted molar refractivity (Wildman–Crippen MR) is 103 cm³/mol. The van der Waals surface area contributed by atoms with E-state index in [4.69, 9.17) is 9.99 Å². The number of aromatic hydroxyl groups is 1. The van der Waals surface area contributed by atoms with Gasteiger partial charge < -0.3 is 25.2 Å². The fourth-order valence-corrected chi connectivity index (χ4v) is 2.45. The molecule has 0 spiro atoms. The summed E-state index contributed by atoms with van der Waals surface area (Å²) in [5.41, 5.74) is 1.39. The van der Waals surface area contributed by atoms with Crippen LogP contribution in [0.15, 0.2) is 30.4 Å². The van der Waals surface area contributed by atoms with Gasteiger partial charge in [-0.25, -0.2) is 4.89 Å². The quantitative estimate of drug-likeness (QED) is 0.226. The number of phenolic OH excluding ortho intramolecular Hbond substituents is 1. The Morgan fingerprint density at radius 3 is 2.41 bits per heavy atom. The summed E-state index contributed by atoms with van der Waals surface area (Å²) >= 11 is 0. The molecule has 0 fully saturated rings. The van der Waals surface area contributed by atoms with Crippen LogP contribution in [0.5, 0.6) is 11.5 Å². The Bertz CT molecular complexity index is 623. The second-order valence-electron chi connectivity index (χ2n) is 6.35. The van der Waals surface area contributed by atoms with Gasteiger partial charge in [0, 0.05) is 6.07 Å². The minimum Gasteiger partial charge on any atom is -0.508 e. The molecule has 27 heavy (non-hydrogen) atoms. The molecule has 0 bridgehead atoms. The van der Waals surface area contributed by atoms with E-state index >= 15 is 0 Å². The SMILES string of the molecule is CCC(C/C=C\C(O)[C@H](O)[C@H](O)C/C=C/c1cc(OC)cc(O)c1C)OO. The molecule has 7 heteroatoms. The molecule has 2 unspecified atom stereocenters. The van der Waals surface area contributed by atoms with Crippen molar-refractivity contribution in [2.75, 3.05) is 7.11 Å². The van der Waals surface area contributed by atoms with Gasteiger partial charge in [0.25, 0.3) is 0 Å². The molecule has 0 heterocycles. The number of benzene rings is 1. The van der Waals surface area contributed by atoms with Crippen LogP contribution in [0.25, 0.3) is 6.08 Å². The van der Waals surface area contributed by atoms with Crippen molar-refractivity contribution in [2.45, 2.75) is 57.5 Å². The molecule has 4 atom stereocenters. The fraction of sp³-hybridized carbons (Fsp3) is 0.500. The Balaban J connectivity index is 2.63. The van der Waals surface area contributed by atoms with Crippen LogP contribution in [0.4, 0.5) is 0 Å². The molecule has 0 radical (unpaired) electrons. The highest BCUT2D eigenvalue weighted by atomic mass is 17.1. The van der Waals surface area contributed by atoms with Gasteiger partial charge in [0.15, 0.2) is 0 Å². The number of hydrogen-bond donors (Lipinski definition) is 5. The summed E-state index contributed by atoms with van der Waals surface area (Å²) in [5.74, 6) is 0.614. The first-order valence-electron chi connectivity index (χ1n) is 8.89. The molecule has 0 aliphatic rings. The molecule has 0 aliphatic carbocycles. The Morgan fingerprint density at radius 1 is 1.11 bits per heavy atom. The van der Waals surface area contributed by atoms with Crippen molar-refractivity contribution < 1.29 is 35.3 Å². The first-order valence-corrected chi connectivity index (χ1v) is 8.89. The average Bonchev–Trinajstić information content (AvgIpc) is 2.67. The number of aliphatic hydroxyl groups excluding tert-OH is 3. The smallest absolute Gasteiger partial charge is 0.123 e. The van der Waals surface area contributed by atoms with Crippen LogP contribution in [0.1, 0.15) is 37.3 Å². The second-order valence-corrected chi connectivity index (χ2v) is 6.35. The number of rotatable bonds is 11. The molecule has 5 N–H and O–H groups in total. The fourth-order valence-electron chi connectivity index (χ4n) is 2.45. The zero-order chi connectivity index (χ0) is 20.4. The van der Waals surface area contributed by atoms with Crippen molar-refractivity contribution in [3.8, 4) is 11.5 Å². The maximum Gasteiger partial charge on any atom is 0.123 e. The Morgan fingerprint density at radius 2 is 1.81 bits per heavy atom. The third-order valence-corrected chi connectivity index (χ3v) is 4.39. The Kier molecular flexibility index (Phi) is 10.1.